The molecule has 2 amide bonds. The largest absolute Gasteiger partial charge is 0.459 e. The van der Waals surface area contributed by atoms with Gasteiger partial charge in [0.2, 0.25) is 0 Å². The minimum absolute atomic E-state index is 0.0469. The van der Waals surface area contributed by atoms with E-state index in [1.165, 1.54) is 0 Å². The van der Waals surface area contributed by atoms with Gasteiger partial charge in [-0.3, -0.25) is 0 Å². The van der Waals surface area contributed by atoms with Crippen molar-refractivity contribution in [2.75, 3.05) is 6.61 Å². The van der Waals surface area contributed by atoms with E-state index >= 15 is 0 Å². The molecule has 0 bridgehead atoms. The summed E-state index contributed by atoms with van der Waals surface area (Å²) in [5.41, 5.74) is 1.34. The van der Waals surface area contributed by atoms with Crippen molar-refractivity contribution in [3.63, 3.8) is 0 Å². The third-order valence-electron chi connectivity index (χ3n) is 4.56. The van der Waals surface area contributed by atoms with Gasteiger partial charge in [-0.1, -0.05) is 18.2 Å². The number of furan rings is 1. The third-order valence-corrected chi connectivity index (χ3v) is 4.56. The van der Waals surface area contributed by atoms with Gasteiger partial charge in [0.25, 0.3) is 0 Å². The number of hydrogen-bond donors (Lipinski definition) is 3. The summed E-state index contributed by atoms with van der Waals surface area (Å²) in [7, 11) is 0. The van der Waals surface area contributed by atoms with Crippen LogP contribution in [0.4, 0.5) is 4.79 Å². The molecule has 22 heavy (non-hydrogen) atoms. The van der Waals surface area contributed by atoms with Gasteiger partial charge in [0.05, 0.1) is 18.7 Å². The van der Waals surface area contributed by atoms with Crippen LogP contribution in [0.3, 0.4) is 0 Å². The summed E-state index contributed by atoms with van der Waals surface area (Å²) in [6.07, 6.45) is 2.11. The van der Waals surface area contributed by atoms with Crippen molar-refractivity contribution >= 4 is 17.0 Å². The summed E-state index contributed by atoms with van der Waals surface area (Å²) in [6, 6.07) is 7.55. The van der Waals surface area contributed by atoms with E-state index in [2.05, 4.69) is 10.6 Å². The Bertz CT molecular complexity index is 690. The average molecular weight is 302 g/mol. The zero-order valence-corrected chi connectivity index (χ0v) is 13.0. The highest BCUT2D eigenvalue weighted by Crippen LogP contribution is 2.39. The number of carbonyl (C=O) groups is 1. The molecule has 0 spiro atoms. The number of aliphatic hydroxyl groups excluding tert-OH is 1. The Balaban J connectivity index is 1.63. The highest BCUT2D eigenvalue weighted by Gasteiger charge is 2.42. The van der Waals surface area contributed by atoms with Crippen LogP contribution < -0.4 is 10.6 Å². The quantitative estimate of drug-likeness (QED) is 0.795. The summed E-state index contributed by atoms with van der Waals surface area (Å²) in [5, 5.41) is 16.3. The normalized spacial score (nSPS) is 17.2. The number of carbonyl (C=O) groups excluding carboxylic acids is 1. The first-order chi connectivity index (χ1) is 10.5. The monoisotopic (exact) mass is 302 g/mol. The first-order valence-electron chi connectivity index (χ1n) is 7.67. The Morgan fingerprint density at radius 1 is 1.41 bits per heavy atom. The molecule has 118 valence electrons. The van der Waals surface area contributed by atoms with Crippen LogP contribution >= 0.6 is 0 Å². The highest BCUT2D eigenvalue weighted by molar-refractivity contribution is 5.82. The van der Waals surface area contributed by atoms with Crippen LogP contribution in [0.15, 0.2) is 28.7 Å². The lowest BCUT2D eigenvalue weighted by atomic mass is 9.97. The van der Waals surface area contributed by atoms with Gasteiger partial charge in [-0.25, -0.2) is 4.79 Å². The highest BCUT2D eigenvalue weighted by atomic mass is 16.3. The van der Waals surface area contributed by atoms with Gasteiger partial charge in [0.15, 0.2) is 0 Å². The smallest absolute Gasteiger partial charge is 0.315 e. The standard InChI is InChI=1S/C17H22N2O3/c1-11-13-5-3-4-6-14(13)22-15(11)9-18-16(21)19-17(2,10-20)12-7-8-12/h3-6,12,20H,7-10H2,1-2H3,(H2,18,19,21). The molecular formula is C17H22N2O3. The van der Waals surface area contributed by atoms with Crippen molar-refractivity contribution in [2.24, 2.45) is 5.92 Å². The summed E-state index contributed by atoms with van der Waals surface area (Å²) in [5.74, 6) is 1.13. The fourth-order valence-electron chi connectivity index (χ4n) is 2.85. The van der Waals surface area contributed by atoms with Crippen molar-refractivity contribution in [3.8, 4) is 0 Å². The van der Waals surface area contributed by atoms with Crippen LogP contribution in [0, 0.1) is 12.8 Å². The number of para-hydroxylation sites is 1. The van der Waals surface area contributed by atoms with E-state index in [0.29, 0.717) is 12.5 Å². The molecule has 1 aliphatic rings. The predicted octanol–water partition coefficient (Wildman–Crippen LogP) is 2.70. The maximum Gasteiger partial charge on any atom is 0.315 e. The lowest BCUT2D eigenvalue weighted by molar-refractivity contribution is 0.155. The fourth-order valence-corrected chi connectivity index (χ4v) is 2.85. The minimum Gasteiger partial charge on any atom is -0.459 e. The number of aryl methyl sites for hydroxylation is 1. The number of benzene rings is 1. The molecule has 5 nitrogen and oxygen atoms in total. The van der Waals surface area contributed by atoms with E-state index in [1.807, 2.05) is 38.1 Å². The number of urea groups is 1. The molecule has 1 aliphatic carbocycles. The summed E-state index contributed by atoms with van der Waals surface area (Å²) < 4.78 is 5.77. The van der Waals surface area contributed by atoms with E-state index in [4.69, 9.17) is 4.42 Å². The van der Waals surface area contributed by atoms with Crippen LogP contribution in [0.1, 0.15) is 31.1 Å². The van der Waals surface area contributed by atoms with E-state index in [9.17, 15) is 9.90 Å². The molecule has 1 heterocycles. The van der Waals surface area contributed by atoms with Crippen molar-refractivity contribution in [1.82, 2.24) is 10.6 Å². The van der Waals surface area contributed by atoms with Gasteiger partial charge < -0.3 is 20.2 Å². The van der Waals surface area contributed by atoms with Crippen molar-refractivity contribution in [1.29, 1.82) is 0 Å². The van der Waals surface area contributed by atoms with Crippen LogP contribution in [-0.4, -0.2) is 23.3 Å². The molecule has 1 aromatic heterocycles. The Kier molecular flexibility index (Phi) is 3.83. The van der Waals surface area contributed by atoms with E-state index in [1.54, 1.807) is 0 Å². The van der Waals surface area contributed by atoms with Crippen LogP contribution in [-0.2, 0) is 6.54 Å². The van der Waals surface area contributed by atoms with Crippen LogP contribution in [0.5, 0.6) is 0 Å². The number of amides is 2. The second kappa shape index (κ2) is 5.65. The molecule has 2 aromatic rings. The molecule has 1 fully saturated rings. The maximum absolute atomic E-state index is 12.1. The maximum atomic E-state index is 12.1. The number of fused-ring (bicyclic) bond motifs is 1. The zero-order chi connectivity index (χ0) is 15.7. The molecule has 3 N–H and O–H groups in total. The first-order valence-corrected chi connectivity index (χ1v) is 7.67. The van der Waals surface area contributed by atoms with Gasteiger partial charge in [-0.05, 0) is 38.7 Å². The lowest BCUT2D eigenvalue weighted by Crippen LogP contribution is -2.53. The van der Waals surface area contributed by atoms with Gasteiger partial charge >= 0.3 is 6.03 Å². The zero-order valence-electron chi connectivity index (χ0n) is 13.0. The van der Waals surface area contributed by atoms with E-state index in [0.717, 1.165) is 35.1 Å². The van der Waals surface area contributed by atoms with Gasteiger partial charge in [0.1, 0.15) is 11.3 Å². The van der Waals surface area contributed by atoms with E-state index < -0.39 is 5.54 Å². The number of nitrogens with one attached hydrogen (secondary N) is 2. The minimum atomic E-state index is -0.535. The third kappa shape index (κ3) is 2.81. The number of rotatable bonds is 5. The average Bonchev–Trinajstić information content (AvgIpc) is 3.32. The molecule has 5 heteroatoms. The number of aliphatic hydroxyl groups is 1. The topological polar surface area (TPSA) is 74.5 Å². The molecule has 1 atom stereocenters. The van der Waals surface area contributed by atoms with Crippen molar-refractivity contribution < 1.29 is 14.3 Å². The SMILES string of the molecule is Cc1c(CNC(=O)NC(C)(CO)C2CC2)oc2ccccc12. The van der Waals surface area contributed by atoms with Gasteiger partial charge in [0, 0.05) is 10.9 Å². The van der Waals surface area contributed by atoms with Crippen molar-refractivity contribution in [2.45, 2.75) is 38.8 Å². The molecule has 0 radical (unpaired) electrons. The summed E-state index contributed by atoms with van der Waals surface area (Å²) in [6.45, 7) is 4.16. The molecular weight excluding hydrogens is 280 g/mol. The number of hydrogen-bond acceptors (Lipinski definition) is 3. The molecule has 1 aromatic carbocycles. The van der Waals surface area contributed by atoms with Gasteiger partial charge in [-0.2, -0.15) is 0 Å². The Morgan fingerprint density at radius 2 is 2.14 bits per heavy atom. The van der Waals surface area contributed by atoms with Gasteiger partial charge in [-0.15, -0.1) is 0 Å². The Morgan fingerprint density at radius 3 is 2.77 bits per heavy atom. The fraction of sp³-hybridized carbons (Fsp3) is 0.471. The molecule has 3 rings (SSSR count). The predicted molar refractivity (Wildman–Crippen MR) is 84.5 cm³/mol. The Hall–Kier alpha value is -2.01. The molecule has 0 aliphatic heterocycles. The first kappa shape index (κ1) is 14.9. The molecule has 1 unspecified atom stereocenters. The molecule has 0 saturated heterocycles. The van der Waals surface area contributed by atoms with Crippen LogP contribution in [0.25, 0.3) is 11.0 Å². The lowest BCUT2D eigenvalue weighted by Gasteiger charge is -2.28. The van der Waals surface area contributed by atoms with Crippen LogP contribution in [0.2, 0.25) is 0 Å². The summed E-state index contributed by atoms with van der Waals surface area (Å²) in [4.78, 5) is 12.1. The second-order valence-electron chi connectivity index (χ2n) is 6.30. The Labute approximate surface area is 129 Å². The van der Waals surface area contributed by atoms with E-state index in [-0.39, 0.29) is 12.6 Å². The summed E-state index contributed by atoms with van der Waals surface area (Å²) >= 11 is 0. The second-order valence-corrected chi connectivity index (χ2v) is 6.30. The molecule has 1 saturated carbocycles. The van der Waals surface area contributed by atoms with Crippen molar-refractivity contribution in [3.05, 3.63) is 35.6 Å².